The van der Waals surface area contributed by atoms with Gasteiger partial charge in [-0.25, -0.2) is 0 Å². The molecule has 1 aromatic heterocycles. The van der Waals surface area contributed by atoms with E-state index in [0.717, 1.165) is 5.69 Å². The van der Waals surface area contributed by atoms with Gasteiger partial charge in [-0.1, -0.05) is 36.4 Å². The summed E-state index contributed by atoms with van der Waals surface area (Å²) < 4.78 is 2.60. The Bertz CT molecular complexity index is 907. The predicted octanol–water partition coefficient (Wildman–Crippen LogP) is 5.30. The van der Waals surface area contributed by atoms with Crippen molar-refractivity contribution in [1.82, 2.24) is 0 Å². The maximum atomic E-state index is 5.93. The van der Waals surface area contributed by atoms with Crippen molar-refractivity contribution in [2.75, 3.05) is 5.73 Å². The van der Waals surface area contributed by atoms with Gasteiger partial charge in [0, 0.05) is 25.9 Å². The standard InChI is InChI=1S/C18H13NS/c19-14-7-9-18-16(11-14)15-10-13(6-8-17(15)20-18)12-4-2-1-3-5-12/h1-11H,19H2. The molecule has 1 nitrogen and oxygen atoms in total. The fourth-order valence-corrected chi connectivity index (χ4v) is 3.67. The lowest BCUT2D eigenvalue weighted by molar-refractivity contribution is 1.66. The van der Waals surface area contributed by atoms with Crippen LogP contribution in [0.2, 0.25) is 0 Å². The molecule has 0 unspecified atom stereocenters. The maximum absolute atomic E-state index is 5.93. The summed E-state index contributed by atoms with van der Waals surface area (Å²) in [7, 11) is 0. The number of anilines is 1. The van der Waals surface area contributed by atoms with Gasteiger partial charge < -0.3 is 5.73 Å². The van der Waals surface area contributed by atoms with Crippen molar-refractivity contribution >= 4 is 37.2 Å². The molecule has 1 heterocycles. The molecule has 0 atom stereocenters. The van der Waals surface area contributed by atoms with E-state index in [4.69, 9.17) is 5.73 Å². The van der Waals surface area contributed by atoms with Crippen LogP contribution in [0.5, 0.6) is 0 Å². The second-order valence-electron chi connectivity index (χ2n) is 4.93. The molecule has 0 bridgehead atoms. The van der Waals surface area contributed by atoms with Crippen molar-refractivity contribution in [3.8, 4) is 11.1 Å². The number of nitrogens with two attached hydrogens (primary N) is 1. The second kappa shape index (κ2) is 4.36. The Balaban J connectivity index is 2.03. The fourth-order valence-electron chi connectivity index (χ4n) is 2.61. The van der Waals surface area contributed by atoms with Gasteiger partial charge >= 0.3 is 0 Å². The first-order valence-corrected chi connectivity index (χ1v) is 7.40. The van der Waals surface area contributed by atoms with E-state index in [2.05, 4.69) is 54.6 Å². The van der Waals surface area contributed by atoms with Crippen molar-refractivity contribution in [1.29, 1.82) is 0 Å². The minimum atomic E-state index is 0.822. The smallest absolute Gasteiger partial charge is 0.0356 e. The number of benzene rings is 3. The predicted molar refractivity (Wildman–Crippen MR) is 89.2 cm³/mol. The quantitative estimate of drug-likeness (QED) is 0.468. The van der Waals surface area contributed by atoms with Gasteiger partial charge in [0.1, 0.15) is 0 Å². The fraction of sp³-hybridized carbons (Fsp3) is 0. The molecule has 96 valence electrons. The minimum absolute atomic E-state index is 0.822. The molecule has 0 aliphatic heterocycles. The summed E-state index contributed by atoms with van der Waals surface area (Å²) in [5, 5.41) is 2.54. The second-order valence-corrected chi connectivity index (χ2v) is 6.02. The first-order valence-electron chi connectivity index (χ1n) is 6.58. The highest BCUT2D eigenvalue weighted by molar-refractivity contribution is 7.25. The van der Waals surface area contributed by atoms with Crippen molar-refractivity contribution < 1.29 is 0 Å². The topological polar surface area (TPSA) is 26.0 Å². The number of thiophene rings is 1. The first-order chi connectivity index (χ1) is 9.81. The summed E-state index contributed by atoms with van der Waals surface area (Å²) >= 11 is 1.82. The molecular formula is C18H13NS. The van der Waals surface area contributed by atoms with Gasteiger partial charge in [0.15, 0.2) is 0 Å². The number of rotatable bonds is 1. The maximum Gasteiger partial charge on any atom is 0.0356 e. The molecule has 4 aromatic rings. The Labute approximate surface area is 121 Å². The van der Waals surface area contributed by atoms with E-state index >= 15 is 0 Å². The highest BCUT2D eigenvalue weighted by Gasteiger charge is 2.07. The molecule has 0 spiro atoms. The zero-order valence-electron chi connectivity index (χ0n) is 10.8. The third kappa shape index (κ3) is 1.77. The molecule has 0 fully saturated rings. The third-order valence-corrected chi connectivity index (χ3v) is 4.75. The van der Waals surface area contributed by atoms with E-state index in [1.807, 2.05) is 23.5 Å². The summed E-state index contributed by atoms with van der Waals surface area (Å²) in [6, 6.07) is 23.3. The third-order valence-electron chi connectivity index (χ3n) is 3.60. The number of fused-ring (bicyclic) bond motifs is 3. The van der Waals surface area contributed by atoms with E-state index in [1.165, 1.54) is 31.3 Å². The van der Waals surface area contributed by atoms with Crippen molar-refractivity contribution in [2.45, 2.75) is 0 Å². The number of hydrogen-bond donors (Lipinski definition) is 1. The Morgan fingerprint density at radius 3 is 2.15 bits per heavy atom. The molecule has 0 radical (unpaired) electrons. The van der Waals surface area contributed by atoms with Gasteiger partial charge in [-0.2, -0.15) is 0 Å². The number of hydrogen-bond acceptors (Lipinski definition) is 2. The number of nitrogen functional groups attached to an aromatic ring is 1. The van der Waals surface area contributed by atoms with Crippen molar-refractivity contribution in [3.63, 3.8) is 0 Å². The molecule has 3 aromatic carbocycles. The Kier molecular flexibility index (Phi) is 2.51. The Morgan fingerprint density at radius 2 is 1.35 bits per heavy atom. The van der Waals surface area contributed by atoms with Crippen LogP contribution in [0.3, 0.4) is 0 Å². The Morgan fingerprint density at radius 1 is 0.650 bits per heavy atom. The summed E-state index contributed by atoms with van der Waals surface area (Å²) in [4.78, 5) is 0. The average molecular weight is 275 g/mol. The van der Waals surface area contributed by atoms with Crippen LogP contribution in [0.15, 0.2) is 66.7 Å². The minimum Gasteiger partial charge on any atom is -0.399 e. The van der Waals surface area contributed by atoms with Gasteiger partial charge in [-0.3, -0.25) is 0 Å². The van der Waals surface area contributed by atoms with Gasteiger partial charge in [-0.05, 0) is 41.5 Å². The molecule has 0 saturated heterocycles. The molecule has 0 aliphatic rings. The van der Waals surface area contributed by atoms with Crippen LogP contribution in [0, 0.1) is 0 Å². The lowest BCUT2D eigenvalue weighted by atomic mass is 10.0. The molecule has 0 amide bonds. The highest BCUT2D eigenvalue weighted by Crippen LogP contribution is 2.37. The lowest BCUT2D eigenvalue weighted by Crippen LogP contribution is -1.81. The van der Waals surface area contributed by atoms with Crippen LogP contribution < -0.4 is 5.73 Å². The zero-order valence-corrected chi connectivity index (χ0v) is 11.7. The molecular weight excluding hydrogens is 262 g/mol. The van der Waals surface area contributed by atoms with Crippen LogP contribution in [0.25, 0.3) is 31.3 Å². The highest BCUT2D eigenvalue weighted by atomic mass is 32.1. The molecule has 4 rings (SSSR count). The van der Waals surface area contributed by atoms with E-state index < -0.39 is 0 Å². The molecule has 0 aliphatic carbocycles. The van der Waals surface area contributed by atoms with Gasteiger partial charge in [-0.15, -0.1) is 11.3 Å². The van der Waals surface area contributed by atoms with Crippen LogP contribution in [-0.4, -0.2) is 0 Å². The Hall–Kier alpha value is -2.32. The van der Waals surface area contributed by atoms with Crippen LogP contribution in [-0.2, 0) is 0 Å². The van der Waals surface area contributed by atoms with Crippen molar-refractivity contribution in [2.24, 2.45) is 0 Å². The summed E-state index contributed by atoms with van der Waals surface area (Å²) in [5.74, 6) is 0. The monoisotopic (exact) mass is 275 g/mol. The normalized spacial score (nSPS) is 11.2. The molecule has 20 heavy (non-hydrogen) atoms. The van der Waals surface area contributed by atoms with Crippen LogP contribution in [0.1, 0.15) is 0 Å². The molecule has 2 heteroatoms. The lowest BCUT2D eigenvalue weighted by Gasteiger charge is -2.02. The van der Waals surface area contributed by atoms with E-state index in [0.29, 0.717) is 0 Å². The SMILES string of the molecule is Nc1ccc2sc3ccc(-c4ccccc4)cc3c2c1. The van der Waals surface area contributed by atoms with Gasteiger partial charge in [0.2, 0.25) is 0 Å². The molecule has 2 N–H and O–H groups in total. The van der Waals surface area contributed by atoms with E-state index in [-0.39, 0.29) is 0 Å². The van der Waals surface area contributed by atoms with E-state index in [1.54, 1.807) is 0 Å². The summed E-state index contributed by atoms with van der Waals surface area (Å²) in [6.45, 7) is 0. The first kappa shape index (κ1) is 11.5. The van der Waals surface area contributed by atoms with Crippen molar-refractivity contribution in [3.05, 3.63) is 66.7 Å². The average Bonchev–Trinajstić information content (AvgIpc) is 2.85. The summed E-state index contributed by atoms with van der Waals surface area (Å²) in [5.41, 5.74) is 9.25. The zero-order chi connectivity index (χ0) is 13.5. The van der Waals surface area contributed by atoms with E-state index in [9.17, 15) is 0 Å². The largest absolute Gasteiger partial charge is 0.399 e. The van der Waals surface area contributed by atoms with Gasteiger partial charge in [0.05, 0.1) is 0 Å². The van der Waals surface area contributed by atoms with Crippen LogP contribution >= 0.6 is 11.3 Å². The molecule has 0 saturated carbocycles. The van der Waals surface area contributed by atoms with Crippen LogP contribution in [0.4, 0.5) is 5.69 Å². The summed E-state index contributed by atoms with van der Waals surface area (Å²) in [6.07, 6.45) is 0. The van der Waals surface area contributed by atoms with Gasteiger partial charge in [0.25, 0.3) is 0 Å².